The minimum absolute atomic E-state index is 0.0583. The highest BCUT2D eigenvalue weighted by atomic mass is 32.2. The molecule has 0 aliphatic carbocycles. The van der Waals surface area contributed by atoms with Gasteiger partial charge in [0.05, 0.1) is 4.90 Å². The van der Waals surface area contributed by atoms with Gasteiger partial charge in [0, 0.05) is 31.0 Å². The van der Waals surface area contributed by atoms with Crippen molar-refractivity contribution in [3.8, 4) is 0 Å². The van der Waals surface area contributed by atoms with Crippen molar-refractivity contribution in [3.63, 3.8) is 0 Å². The fraction of sp³-hybridized carbons (Fsp3) is 0.533. The number of amides is 1. The van der Waals surface area contributed by atoms with Gasteiger partial charge in [-0.2, -0.15) is 0 Å². The van der Waals surface area contributed by atoms with E-state index >= 15 is 0 Å². The van der Waals surface area contributed by atoms with Crippen molar-refractivity contribution < 1.29 is 13.2 Å². The van der Waals surface area contributed by atoms with E-state index in [9.17, 15) is 13.2 Å². The van der Waals surface area contributed by atoms with Crippen molar-refractivity contribution in [2.24, 2.45) is 11.7 Å². The van der Waals surface area contributed by atoms with Gasteiger partial charge >= 0.3 is 0 Å². The van der Waals surface area contributed by atoms with E-state index < -0.39 is 9.84 Å². The van der Waals surface area contributed by atoms with Crippen LogP contribution in [0.4, 0.5) is 0 Å². The van der Waals surface area contributed by atoms with Crippen LogP contribution in [-0.4, -0.2) is 44.6 Å². The first-order chi connectivity index (χ1) is 9.79. The standard InChI is InChI=1S/C15H22N2O3S/c1-11(16)13-6-4-8-17(10-13)15(18)12-5-3-7-14(9-12)21(2,19)20/h3,5,7,9,11,13H,4,6,8,10,16H2,1-2H3. The van der Waals surface area contributed by atoms with Gasteiger partial charge in [-0.15, -0.1) is 0 Å². The summed E-state index contributed by atoms with van der Waals surface area (Å²) in [6.45, 7) is 3.30. The molecular weight excluding hydrogens is 288 g/mol. The van der Waals surface area contributed by atoms with E-state index in [1.165, 1.54) is 12.1 Å². The molecule has 1 aliphatic rings. The first-order valence-corrected chi connectivity index (χ1v) is 9.03. The number of nitrogens with two attached hydrogens (primary N) is 1. The van der Waals surface area contributed by atoms with E-state index in [4.69, 9.17) is 5.73 Å². The van der Waals surface area contributed by atoms with Crippen molar-refractivity contribution in [2.45, 2.75) is 30.7 Å². The lowest BCUT2D eigenvalue weighted by Crippen LogP contribution is -2.45. The lowest BCUT2D eigenvalue weighted by Gasteiger charge is -2.34. The highest BCUT2D eigenvalue weighted by Crippen LogP contribution is 2.21. The molecule has 6 heteroatoms. The van der Waals surface area contributed by atoms with Gasteiger partial charge in [-0.3, -0.25) is 4.79 Å². The molecule has 1 aromatic carbocycles. The molecule has 1 fully saturated rings. The van der Waals surface area contributed by atoms with Gasteiger partial charge in [-0.1, -0.05) is 6.07 Å². The molecule has 1 heterocycles. The lowest BCUT2D eigenvalue weighted by molar-refractivity contribution is 0.0660. The van der Waals surface area contributed by atoms with Gasteiger partial charge in [0.25, 0.3) is 5.91 Å². The molecule has 0 aromatic heterocycles. The van der Waals surface area contributed by atoms with Gasteiger partial charge < -0.3 is 10.6 Å². The lowest BCUT2D eigenvalue weighted by atomic mass is 9.92. The molecule has 21 heavy (non-hydrogen) atoms. The fourth-order valence-electron chi connectivity index (χ4n) is 2.67. The Morgan fingerprint density at radius 3 is 2.76 bits per heavy atom. The second-order valence-electron chi connectivity index (χ2n) is 5.81. The van der Waals surface area contributed by atoms with Crippen molar-refractivity contribution in [1.82, 2.24) is 4.90 Å². The average Bonchev–Trinajstić information content (AvgIpc) is 2.46. The summed E-state index contributed by atoms with van der Waals surface area (Å²) < 4.78 is 23.2. The number of sulfone groups is 1. The van der Waals surface area contributed by atoms with Crippen LogP contribution in [-0.2, 0) is 9.84 Å². The van der Waals surface area contributed by atoms with Crippen LogP contribution in [0.2, 0.25) is 0 Å². The van der Waals surface area contributed by atoms with E-state index in [-0.39, 0.29) is 16.8 Å². The summed E-state index contributed by atoms with van der Waals surface area (Å²) in [5, 5.41) is 0. The normalized spacial score (nSPS) is 21.1. The number of piperidine rings is 1. The van der Waals surface area contributed by atoms with Crippen LogP contribution < -0.4 is 5.73 Å². The minimum atomic E-state index is -3.30. The largest absolute Gasteiger partial charge is 0.338 e. The van der Waals surface area contributed by atoms with Crippen LogP contribution >= 0.6 is 0 Å². The predicted octanol–water partition coefficient (Wildman–Crippen LogP) is 1.29. The number of hydrogen-bond acceptors (Lipinski definition) is 4. The molecule has 2 atom stereocenters. The number of nitrogens with zero attached hydrogens (tertiary/aromatic N) is 1. The Balaban J connectivity index is 2.20. The summed E-state index contributed by atoms with van der Waals surface area (Å²) in [6, 6.07) is 6.28. The molecular formula is C15H22N2O3S. The molecule has 116 valence electrons. The molecule has 2 rings (SSSR count). The molecule has 0 bridgehead atoms. The predicted molar refractivity (Wildman–Crippen MR) is 81.8 cm³/mol. The SMILES string of the molecule is CC(N)C1CCCN(C(=O)c2cccc(S(C)(=O)=O)c2)C1. The fourth-order valence-corrected chi connectivity index (χ4v) is 3.33. The van der Waals surface area contributed by atoms with Crippen LogP contribution in [0.1, 0.15) is 30.1 Å². The summed E-state index contributed by atoms with van der Waals surface area (Å²) in [6.07, 6.45) is 3.11. The zero-order valence-electron chi connectivity index (χ0n) is 12.5. The van der Waals surface area contributed by atoms with E-state index in [0.29, 0.717) is 24.6 Å². The third-order valence-electron chi connectivity index (χ3n) is 4.00. The Morgan fingerprint density at radius 1 is 1.43 bits per heavy atom. The van der Waals surface area contributed by atoms with E-state index in [1.54, 1.807) is 17.0 Å². The Kier molecular flexibility index (Phi) is 4.68. The van der Waals surface area contributed by atoms with Crippen LogP contribution in [0.15, 0.2) is 29.2 Å². The van der Waals surface area contributed by atoms with E-state index in [0.717, 1.165) is 19.1 Å². The molecule has 2 N–H and O–H groups in total. The minimum Gasteiger partial charge on any atom is -0.338 e. The van der Waals surface area contributed by atoms with Gasteiger partial charge in [-0.05, 0) is 43.9 Å². The first-order valence-electron chi connectivity index (χ1n) is 7.14. The smallest absolute Gasteiger partial charge is 0.253 e. The number of likely N-dealkylation sites (tertiary alicyclic amines) is 1. The average molecular weight is 310 g/mol. The summed E-state index contributed by atoms with van der Waals surface area (Å²) in [5.41, 5.74) is 6.35. The van der Waals surface area contributed by atoms with Crippen molar-refractivity contribution in [2.75, 3.05) is 19.3 Å². The molecule has 0 saturated carbocycles. The maximum atomic E-state index is 12.5. The molecule has 1 saturated heterocycles. The summed E-state index contributed by atoms with van der Waals surface area (Å²) in [7, 11) is -3.30. The zero-order valence-corrected chi connectivity index (χ0v) is 13.3. The number of rotatable bonds is 3. The molecule has 0 radical (unpaired) electrons. The maximum absolute atomic E-state index is 12.5. The van der Waals surface area contributed by atoms with Crippen molar-refractivity contribution >= 4 is 15.7 Å². The molecule has 2 unspecified atom stereocenters. The molecule has 1 aromatic rings. The third kappa shape index (κ3) is 3.83. The Labute approximate surface area is 126 Å². The quantitative estimate of drug-likeness (QED) is 0.912. The van der Waals surface area contributed by atoms with E-state index in [2.05, 4.69) is 0 Å². The van der Waals surface area contributed by atoms with Crippen molar-refractivity contribution in [1.29, 1.82) is 0 Å². The molecule has 0 spiro atoms. The highest BCUT2D eigenvalue weighted by Gasteiger charge is 2.26. The van der Waals surface area contributed by atoms with E-state index in [1.807, 2.05) is 6.92 Å². The third-order valence-corrected chi connectivity index (χ3v) is 5.11. The molecule has 5 nitrogen and oxygen atoms in total. The number of carbonyl (C=O) groups excluding carboxylic acids is 1. The number of hydrogen-bond donors (Lipinski definition) is 1. The first kappa shape index (κ1) is 16.0. The summed E-state index contributed by atoms with van der Waals surface area (Å²) >= 11 is 0. The van der Waals surface area contributed by atoms with Gasteiger partial charge in [0.15, 0.2) is 9.84 Å². The van der Waals surface area contributed by atoms with Crippen molar-refractivity contribution in [3.05, 3.63) is 29.8 Å². The topological polar surface area (TPSA) is 80.5 Å². The number of benzene rings is 1. The monoisotopic (exact) mass is 310 g/mol. The summed E-state index contributed by atoms with van der Waals surface area (Å²) in [5.74, 6) is 0.187. The number of carbonyl (C=O) groups is 1. The second-order valence-corrected chi connectivity index (χ2v) is 7.83. The Hall–Kier alpha value is -1.40. The van der Waals surface area contributed by atoms with Crippen LogP contribution in [0.25, 0.3) is 0 Å². The highest BCUT2D eigenvalue weighted by molar-refractivity contribution is 7.90. The van der Waals surface area contributed by atoms with Crippen LogP contribution in [0.5, 0.6) is 0 Å². The second kappa shape index (κ2) is 6.15. The Morgan fingerprint density at radius 2 is 2.14 bits per heavy atom. The Bertz CT molecular complexity index is 626. The van der Waals surface area contributed by atoms with Gasteiger partial charge in [-0.25, -0.2) is 8.42 Å². The zero-order chi connectivity index (χ0) is 15.6. The van der Waals surface area contributed by atoms with Crippen LogP contribution in [0.3, 0.4) is 0 Å². The molecule has 1 aliphatic heterocycles. The maximum Gasteiger partial charge on any atom is 0.253 e. The summed E-state index contributed by atoms with van der Waals surface area (Å²) in [4.78, 5) is 14.5. The van der Waals surface area contributed by atoms with Crippen LogP contribution in [0, 0.1) is 5.92 Å². The molecule has 1 amide bonds. The van der Waals surface area contributed by atoms with Gasteiger partial charge in [0.1, 0.15) is 0 Å². The van der Waals surface area contributed by atoms with Gasteiger partial charge in [0.2, 0.25) is 0 Å².